The Labute approximate surface area is 166 Å². The molecule has 1 saturated heterocycles. The fourth-order valence-corrected chi connectivity index (χ4v) is 4.92. The lowest BCUT2D eigenvalue weighted by Crippen LogP contribution is -2.31. The van der Waals surface area contributed by atoms with Gasteiger partial charge in [-0.1, -0.05) is 30.7 Å². The third-order valence-electron chi connectivity index (χ3n) is 6.34. The van der Waals surface area contributed by atoms with Crippen molar-refractivity contribution in [2.24, 2.45) is 0 Å². The maximum atomic E-state index is 5.69. The Morgan fingerprint density at radius 2 is 1.93 bits per heavy atom. The van der Waals surface area contributed by atoms with Crippen molar-refractivity contribution in [3.8, 4) is 5.75 Å². The van der Waals surface area contributed by atoms with E-state index in [2.05, 4.69) is 57.7 Å². The van der Waals surface area contributed by atoms with Gasteiger partial charge in [0.2, 0.25) is 0 Å². The van der Waals surface area contributed by atoms with Gasteiger partial charge in [0.15, 0.2) is 0 Å². The molecule has 0 saturated carbocycles. The van der Waals surface area contributed by atoms with Gasteiger partial charge in [-0.05, 0) is 61.7 Å². The van der Waals surface area contributed by atoms with Gasteiger partial charge in [0.05, 0.1) is 13.2 Å². The summed E-state index contributed by atoms with van der Waals surface area (Å²) in [5.74, 6) is 1.00. The molecule has 0 radical (unpaired) electrons. The van der Waals surface area contributed by atoms with Gasteiger partial charge < -0.3 is 15.0 Å². The number of nitrogens with zero attached hydrogens (tertiary/aromatic N) is 1. The number of nitrogens with one attached hydrogen (secondary N) is 2. The van der Waals surface area contributed by atoms with Crippen molar-refractivity contribution in [2.75, 3.05) is 26.7 Å². The predicted octanol–water partition coefficient (Wildman–Crippen LogP) is 4.40. The van der Waals surface area contributed by atoms with Gasteiger partial charge in [0.1, 0.15) is 5.75 Å². The number of rotatable bonds is 4. The monoisotopic (exact) mass is 375 g/mol. The Hall–Kier alpha value is -2.30. The highest BCUT2D eigenvalue weighted by atomic mass is 16.5. The summed E-state index contributed by atoms with van der Waals surface area (Å²) in [5.41, 5.74) is 6.64. The van der Waals surface area contributed by atoms with Crippen molar-refractivity contribution >= 4 is 10.9 Å². The van der Waals surface area contributed by atoms with Gasteiger partial charge in [0.25, 0.3) is 0 Å². The molecule has 1 aromatic heterocycles. The van der Waals surface area contributed by atoms with Gasteiger partial charge in [-0.2, -0.15) is 0 Å². The number of benzene rings is 2. The highest BCUT2D eigenvalue weighted by Gasteiger charge is 2.26. The first kappa shape index (κ1) is 17.8. The van der Waals surface area contributed by atoms with Crippen LogP contribution in [0.5, 0.6) is 5.75 Å². The summed E-state index contributed by atoms with van der Waals surface area (Å²) in [6, 6.07) is 15.6. The largest absolute Gasteiger partial charge is 0.496 e. The molecule has 0 spiro atoms. The summed E-state index contributed by atoms with van der Waals surface area (Å²) in [6.07, 6.45) is 5.06. The number of hydrogen-bond acceptors (Lipinski definition) is 3. The summed E-state index contributed by atoms with van der Waals surface area (Å²) in [5, 5.41) is 5.10. The van der Waals surface area contributed by atoms with Crippen molar-refractivity contribution in [3.05, 3.63) is 64.8 Å². The van der Waals surface area contributed by atoms with Gasteiger partial charge in [0, 0.05) is 35.2 Å². The van der Waals surface area contributed by atoms with Gasteiger partial charge in [-0.15, -0.1) is 0 Å². The van der Waals surface area contributed by atoms with E-state index in [1.165, 1.54) is 65.6 Å². The lowest BCUT2D eigenvalue weighted by molar-refractivity contribution is 0.218. The summed E-state index contributed by atoms with van der Waals surface area (Å²) in [6.45, 7) is 4.37. The Balaban J connectivity index is 1.51. The van der Waals surface area contributed by atoms with E-state index in [1.807, 2.05) is 0 Å². The van der Waals surface area contributed by atoms with Crippen molar-refractivity contribution in [1.29, 1.82) is 0 Å². The molecule has 3 aromatic rings. The zero-order chi connectivity index (χ0) is 18.9. The Morgan fingerprint density at radius 1 is 1.07 bits per heavy atom. The van der Waals surface area contributed by atoms with Crippen LogP contribution in [0, 0.1) is 0 Å². The van der Waals surface area contributed by atoms with E-state index in [0.717, 1.165) is 25.3 Å². The molecule has 1 atom stereocenters. The van der Waals surface area contributed by atoms with E-state index in [1.54, 1.807) is 7.11 Å². The predicted molar refractivity (Wildman–Crippen MR) is 114 cm³/mol. The Morgan fingerprint density at radius 3 is 2.79 bits per heavy atom. The smallest absolute Gasteiger partial charge is 0.123 e. The highest BCUT2D eigenvalue weighted by molar-refractivity contribution is 5.85. The number of piperidine rings is 1. The standard InChI is InChI=1S/C24H29N3O/c1-28-22-10-9-17(15-18(22)16-27-13-5-2-6-14-27)23-24-20(11-12-25-23)19-7-3-4-8-21(19)26-24/h3-4,7-10,15,23,25-26H,2,5-6,11-14,16H2,1H3. The van der Waals surface area contributed by atoms with E-state index < -0.39 is 0 Å². The number of methoxy groups -OCH3 is 1. The van der Waals surface area contributed by atoms with E-state index in [4.69, 9.17) is 4.74 Å². The summed E-state index contributed by atoms with van der Waals surface area (Å²) in [7, 11) is 1.78. The lowest BCUT2D eigenvalue weighted by atomic mass is 9.93. The number of H-pyrrole nitrogens is 1. The van der Waals surface area contributed by atoms with Crippen LogP contribution < -0.4 is 10.1 Å². The molecule has 28 heavy (non-hydrogen) atoms. The molecular weight excluding hydrogens is 346 g/mol. The first-order chi connectivity index (χ1) is 13.8. The van der Waals surface area contributed by atoms with Crippen LogP contribution in [0.25, 0.3) is 10.9 Å². The minimum absolute atomic E-state index is 0.210. The molecular formula is C24H29N3O. The fourth-order valence-electron chi connectivity index (χ4n) is 4.92. The molecule has 0 bridgehead atoms. The number of aromatic amines is 1. The van der Waals surface area contributed by atoms with Crippen LogP contribution in [0.2, 0.25) is 0 Å². The summed E-state index contributed by atoms with van der Waals surface area (Å²) >= 11 is 0. The van der Waals surface area contributed by atoms with Crippen LogP contribution in [0.4, 0.5) is 0 Å². The normalized spacial score (nSPS) is 20.2. The Bertz CT molecular complexity index is 971. The molecule has 0 amide bonds. The molecule has 2 N–H and O–H groups in total. The first-order valence-electron chi connectivity index (χ1n) is 10.6. The van der Waals surface area contributed by atoms with E-state index in [0.29, 0.717) is 0 Å². The number of aromatic nitrogens is 1. The third-order valence-corrected chi connectivity index (χ3v) is 6.34. The van der Waals surface area contributed by atoms with Crippen LogP contribution in [0.3, 0.4) is 0 Å². The minimum atomic E-state index is 0.210. The third kappa shape index (κ3) is 3.21. The SMILES string of the molecule is COc1ccc(C2NCCc3c2[nH]c2ccccc32)cc1CN1CCCCC1. The summed E-state index contributed by atoms with van der Waals surface area (Å²) < 4.78 is 5.69. The van der Waals surface area contributed by atoms with Crippen molar-refractivity contribution in [2.45, 2.75) is 38.3 Å². The second-order valence-electron chi connectivity index (χ2n) is 8.11. The Kier molecular flexibility index (Phi) is 4.83. The molecule has 1 unspecified atom stereocenters. The van der Waals surface area contributed by atoms with E-state index in [9.17, 15) is 0 Å². The molecule has 2 aliphatic rings. The molecule has 4 heteroatoms. The number of para-hydroxylation sites is 1. The topological polar surface area (TPSA) is 40.3 Å². The highest BCUT2D eigenvalue weighted by Crippen LogP contribution is 2.35. The lowest BCUT2D eigenvalue weighted by Gasteiger charge is -2.29. The van der Waals surface area contributed by atoms with Gasteiger partial charge in [-0.3, -0.25) is 4.90 Å². The molecule has 0 aliphatic carbocycles. The van der Waals surface area contributed by atoms with Crippen LogP contribution in [-0.2, 0) is 13.0 Å². The molecule has 5 rings (SSSR count). The summed E-state index contributed by atoms with van der Waals surface area (Å²) in [4.78, 5) is 6.25. The van der Waals surface area contributed by atoms with Crippen LogP contribution in [0.15, 0.2) is 42.5 Å². The molecule has 3 heterocycles. The average Bonchev–Trinajstić information content (AvgIpc) is 3.13. The van der Waals surface area contributed by atoms with Crippen molar-refractivity contribution in [1.82, 2.24) is 15.2 Å². The second-order valence-corrected chi connectivity index (χ2v) is 8.11. The van der Waals surface area contributed by atoms with Crippen LogP contribution in [0.1, 0.15) is 47.7 Å². The molecule has 2 aromatic carbocycles. The second kappa shape index (κ2) is 7.61. The average molecular weight is 376 g/mol. The number of ether oxygens (including phenoxy) is 1. The molecule has 4 nitrogen and oxygen atoms in total. The zero-order valence-electron chi connectivity index (χ0n) is 16.6. The molecule has 1 fully saturated rings. The maximum absolute atomic E-state index is 5.69. The quantitative estimate of drug-likeness (QED) is 0.710. The van der Waals surface area contributed by atoms with Crippen LogP contribution >= 0.6 is 0 Å². The zero-order valence-corrected chi connectivity index (χ0v) is 16.6. The minimum Gasteiger partial charge on any atom is -0.496 e. The molecule has 146 valence electrons. The van der Waals surface area contributed by atoms with E-state index in [-0.39, 0.29) is 6.04 Å². The number of likely N-dealkylation sites (tertiary alicyclic amines) is 1. The van der Waals surface area contributed by atoms with Crippen molar-refractivity contribution in [3.63, 3.8) is 0 Å². The van der Waals surface area contributed by atoms with Crippen molar-refractivity contribution < 1.29 is 4.74 Å². The molecule has 2 aliphatic heterocycles. The van der Waals surface area contributed by atoms with Crippen LogP contribution in [-0.4, -0.2) is 36.6 Å². The van der Waals surface area contributed by atoms with Gasteiger partial charge in [-0.25, -0.2) is 0 Å². The number of hydrogen-bond donors (Lipinski definition) is 2. The van der Waals surface area contributed by atoms with Gasteiger partial charge >= 0.3 is 0 Å². The number of fused-ring (bicyclic) bond motifs is 3. The maximum Gasteiger partial charge on any atom is 0.123 e. The first-order valence-corrected chi connectivity index (χ1v) is 10.6. The fraction of sp³-hybridized carbons (Fsp3) is 0.417. The van der Waals surface area contributed by atoms with E-state index >= 15 is 0 Å².